The minimum atomic E-state index is 0.645. The van der Waals surface area contributed by atoms with Crippen LogP contribution in [0.2, 0.25) is 10.0 Å². The predicted molar refractivity (Wildman–Crippen MR) is 136 cm³/mol. The second-order valence-corrected chi connectivity index (χ2v) is 10.4. The molecule has 3 heterocycles. The topological polar surface area (TPSA) is 22.1 Å². The summed E-state index contributed by atoms with van der Waals surface area (Å²) in [5, 5.41) is 1.33. The van der Waals surface area contributed by atoms with Gasteiger partial charge in [-0.2, -0.15) is 0 Å². The first-order valence-corrected chi connectivity index (χ1v) is 13.0. The summed E-state index contributed by atoms with van der Waals surface area (Å²) in [6.07, 6.45) is 14.5. The maximum atomic E-state index is 6.43. The molecule has 0 unspecified atom stereocenters. The molecule has 5 rings (SSSR count). The molecule has 32 heavy (non-hydrogen) atoms. The van der Waals surface area contributed by atoms with Crippen molar-refractivity contribution in [3.8, 4) is 0 Å². The van der Waals surface area contributed by atoms with Gasteiger partial charge < -0.3 is 9.80 Å². The number of benzene rings is 1. The molecule has 0 amide bonds. The van der Waals surface area contributed by atoms with Gasteiger partial charge in [0.05, 0.1) is 15.7 Å². The van der Waals surface area contributed by atoms with Crippen LogP contribution in [0.4, 0.5) is 5.69 Å². The van der Waals surface area contributed by atoms with Gasteiger partial charge in [0.1, 0.15) is 0 Å². The molecule has 0 radical (unpaired) electrons. The van der Waals surface area contributed by atoms with Crippen molar-refractivity contribution in [2.45, 2.75) is 44.6 Å². The van der Waals surface area contributed by atoms with E-state index in [1.165, 1.54) is 44.2 Å². The van der Waals surface area contributed by atoms with E-state index in [9.17, 15) is 0 Å². The van der Waals surface area contributed by atoms with E-state index < -0.39 is 0 Å². The first-order valence-electron chi connectivity index (χ1n) is 12.3. The van der Waals surface area contributed by atoms with E-state index in [0.717, 1.165) is 63.3 Å². The zero-order chi connectivity index (χ0) is 21.9. The van der Waals surface area contributed by atoms with Crippen LogP contribution in [-0.4, -0.2) is 67.9 Å². The summed E-state index contributed by atoms with van der Waals surface area (Å²) in [5.41, 5.74) is 3.97. The molecular weight excluding hydrogens is 439 g/mol. The highest BCUT2D eigenvalue weighted by atomic mass is 35.5. The number of allylic oxidation sites excluding steroid dienone is 2. The molecule has 0 bridgehead atoms. The van der Waals surface area contributed by atoms with E-state index in [-0.39, 0.29) is 0 Å². The minimum absolute atomic E-state index is 0.645. The van der Waals surface area contributed by atoms with E-state index in [4.69, 9.17) is 23.2 Å². The molecular formula is C26H34Cl2N4. The van der Waals surface area contributed by atoms with Gasteiger partial charge in [-0.3, -0.25) is 9.89 Å². The molecule has 1 saturated heterocycles. The number of piperazine rings is 1. The van der Waals surface area contributed by atoms with E-state index in [1.807, 2.05) is 12.1 Å². The number of anilines is 1. The van der Waals surface area contributed by atoms with Crippen molar-refractivity contribution in [2.75, 3.05) is 50.7 Å². The summed E-state index contributed by atoms with van der Waals surface area (Å²) < 4.78 is 0. The Labute approximate surface area is 202 Å². The SMILES string of the molecule is Clc1cccc(N2CCN(CCC3CCC(N4CC=CC5=C4CCN=C5)CC3)CC2)c1Cl. The number of hydrogen-bond donors (Lipinski definition) is 0. The smallest absolute Gasteiger partial charge is 0.0825 e. The third-order valence-electron chi connectivity index (χ3n) is 7.74. The molecule has 3 aliphatic heterocycles. The summed E-state index contributed by atoms with van der Waals surface area (Å²) in [4.78, 5) is 12.2. The van der Waals surface area contributed by atoms with Gasteiger partial charge in [-0.1, -0.05) is 41.4 Å². The minimum Gasteiger partial charge on any atom is -0.368 e. The lowest BCUT2D eigenvalue weighted by Gasteiger charge is -2.42. The lowest BCUT2D eigenvalue weighted by Crippen LogP contribution is -2.47. The van der Waals surface area contributed by atoms with E-state index in [2.05, 4.69) is 44.1 Å². The van der Waals surface area contributed by atoms with Crippen LogP contribution in [0.25, 0.3) is 0 Å². The van der Waals surface area contributed by atoms with Crippen LogP contribution in [0, 0.1) is 5.92 Å². The Hall–Kier alpha value is -1.49. The van der Waals surface area contributed by atoms with Gasteiger partial charge in [0.15, 0.2) is 0 Å². The third-order valence-corrected chi connectivity index (χ3v) is 8.55. The van der Waals surface area contributed by atoms with Crippen molar-refractivity contribution < 1.29 is 0 Å². The van der Waals surface area contributed by atoms with Gasteiger partial charge in [0.25, 0.3) is 0 Å². The first-order chi connectivity index (χ1) is 15.7. The molecule has 0 spiro atoms. The predicted octanol–water partition coefficient (Wildman–Crippen LogP) is 5.66. The second-order valence-electron chi connectivity index (χ2n) is 9.61. The monoisotopic (exact) mass is 472 g/mol. The van der Waals surface area contributed by atoms with Crippen molar-refractivity contribution in [1.82, 2.24) is 9.80 Å². The molecule has 1 aliphatic carbocycles. The molecule has 6 heteroatoms. The highest BCUT2D eigenvalue weighted by Crippen LogP contribution is 2.35. The number of dihydropyridines is 1. The highest BCUT2D eigenvalue weighted by Gasteiger charge is 2.29. The quantitative estimate of drug-likeness (QED) is 0.551. The summed E-state index contributed by atoms with van der Waals surface area (Å²) in [7, 11) is 0. The van der Waals surface area contributed by atoms with Crippen LogP contribution in [0.1, 0.15) is 38.5 Å². The van der Waals surface area contributed by atoms with Gasteiger partial charge in [0.2, 0.25) is 0 Å². The Morgan fingerprint density at radius 1 is 1.00 bits per heavy atom. The number of rotatable bonds is 5. The Bertz CT molecular complexity index is 889. The maximum absolute atomic E-state index is 6.43. The van der Waals surface area contributed by atoms with Crippen molar-refractivity contribution >= 4 is 35.1 Å². The van der Waals surface area contributed by atoms with Gasteiger partial charge >= 0.3 is 0 Å². The molecule has 1 saturated carbocycles. The fourth-order valence-electron chi connectivity index (χ4n) is 5.83. The average molecular weight is 473 g/mol. The van der Waals surface area contributed by atoms with Crippen LogP contribution in [-0.2, 0) is 0 Å². The highest BCUT2D eigenvalue weighted by molar-refractivity contribution is 6.43. The van der Waals surface area contributed by atoms with Gasteiger partial charge in [-0.25, -0.2) is 0 Å². The number of halogens is 2. The molecule has 1 aromatic rings. The fourth-order valence-corrected chi connectivity index (χ4v) is 6.25. The van der Waals surface area contributed by atoms with Gasteiger partial charge in [-0.15, -0.1) is 0 Å². The molecule has 1 aromatic carbocycles. The van der Waals surface area contributed by atoms with E-state index in [1.54, 1.807) is 5.70 Å². The molecule has 172 valence electrons. The summed E-state index contributed by atoms with van der Waals surface area (Å²) in [5.74, 6) is 0.883. The second kappa shape index (κ2) is 10.2. The van der Waals surface area contributed by atoms with E-state index >= 15 is 0 Å². The molecule has 4 aliphatic rings. The Morgan fingerprint density at radius 3 is 2.62 bits per heavy atom. The van der Waals surface area contributed by atoms with Crippen molar-refractivity contribution in [3.63, 3.8) is 0 Å². The molecule has 4 nitrogen and oxygen atoms in total. The number of aliphatic imine (C=N–C) groups is 1. The van der Waals surface area contributed by atoms with Crippen LogP contribution >= 0.6 is 23.2 Å². The number of nitrogens with zero attached hydrogens (tertiary/aromatic N) is 4. The van der Waals surface area contributed by atoms with Crippen LogP contribution in [0.3, 0.4) is 0 Å². The molecule has 0 aromatic heterocycles. The van der Waals surface area contributed by atoms with Crippen LogP contribution in [0.5, 0.6) is 0 Å². The van der Waals surface area contributed by atoms with Crippen molar-refractivity contribution in [2.24, 2.45) is 10.9 Å². The van der Waals surface area contributed by atoms with E-state index in [0.29, 0.717) is 10.0 Å². The number of hydrogen-bond acceptors (Lipinski definition) is 4. The molecule has 2 fully saturated rings. The summed E-state index contributed by atoms with van der Waals surface area (Å²) >= 11 is 12.6. The Kier molecular flexibility index (Phi) is 7.11. The standard InChI is InChI=1S/C26H34Cl2N4/c27-23-4-1-5-25(26(23)28)31-17-15-30(16-18-31)14-11-20-6-8-22(9-7-20)32-13-2-3-21-19-29-12-10-24(21)32/h1-5,19-20,22H,6-18H2. The van der Waals surface area contributed by atoms with Gasteiger partial charge in [-0.05, 0) is 56.7 Å². The molecule has 0 N–H and O–H groups in total. The molecule has 0 atom stereocenters. The third kappa shape index (κ3) is 4.88. The lowest BCUT2D eigenvalue weighted by atomic mass is 9.82. The maximum Gasteiger partial charge on any atom is 0.0825 e. The Morgan fingerprint density at radius 2 is 1.81 bits per heavy atom. The lowest BCUT2D eigenvalue weighted by molar-refractivity contribution is 0.161. The van der Waals surface area contributed by atoms with Crippen molar-refractivity contribution in [1.29, 1.82) is 0 Å². The summed E-state index contributed by atoms with van der Waals surface area (Å²) in [6, 6.07) is 6.66. The van der Waals surface area contributed by atoms with Crippen LogP contribution < -0.4 is 4.90 Å². The average Bonchev–Trinajstić information content (AvgIpc) is 2.85. The normalized spacial score (nSPS) is 26.6. The van der Waals surface area contributed by atoms with Gasteiger partial charge in [0, 0.05) is 69.2 Å². The Balaban J connectivity index is 1.06. The largest absolute Gasteiger partial charge is 0.368 e. The zero-order valence-corrected chi connectivity index (χ0v) is 20.4. The fraction of sp³-hybridized carbons (Fsp3) is 0.577. The first kappa shape index (κ1) is 22.3. The van der Waals surface area contributed by atoms with Crippen LogP contribution in [0.15, 0.2) is 46.6 Å². The summed E-state index contributed by atoms with van der Waals surface area (Å²) in [6.45, 7) is 7.53. The van der Waals surface area contributed by atoms with Crippen molar-refractivity contribution in [3.05, 3.63) is 51.7 Å². The zero-order valence-electron chi connectivity index (χ0n) is 18.9.